The van der Waals surface area contributed by atoms with E-state index in [1.165, 1.54) is 14.2 Å². The Hall–Kier alpha value is -3.66. The first-order valence-corrected chi connectivity index (χ1v) is 13.1. The number of phenolic OH excluding ortho intramolecular Hbond substituents is 1. The predicted molar refractivity (Wildman–Crippen MR) is 135 cm³/mol. The highest BCUT2D eigenvalue weighted by Crippen LogP contribution is 2.55. The molecule has 1 amide bonds. The molecule has 0 radical (unpaired) electrons. The van der Waals surface area contributed by atoms with Gasteiger partial charge in [-0.3, -0.25) is 9.59 Å². The molecule has 2 aromatic rings. The van der Waals surface area contributed by atoms with Gasteiger partial charge in [0.15, 0.2) is 23.0 Å². The molecule has 2 N–H and O–H groups in total. The highest BCUT2D eigenvalue weighted by Gasteiger charge is 2.52. The van der Waals surface area contributed by atoms with E-state index in [4.69, 9.17) is 23.7 Å². The van der Waals surface area contributed by atoms with Crippen LogP contribution in [0.1, 0.15) is 47.9 Å². The van der Waals surface area contributed by atoms with Crippen LogP contribution in [0.2, 0.25) is 0 Å². The highest BCUT2D eigenvalue weighted by atomic mass is 16.7. The number of amides is 1. The van der Waals surface area contributed by atoms with Crippen molar-refractivity contribution in [2.75, 3.05) is 47.3 Å². The lowest BCUT2D eigenvalue weighted by Crippen LogP contribution is -2.41. The quantitative estimate of drug-likeness (QED) is 0.397. The summed E-state index contributed by atoms with van der Waals surface area (Å²) in [5.74, 6) is 0.734. The maximum absolute atomic E-state index is 13.2. The number of esters is 1. The van der Waals surface area contributed by atoms with Gasteiger partial charge in [-0.05, 0) is 60.3 Å². The molecule has 2 fully saturated rings. The number of nitrogens with one attached hydrogen (secondary N) is 1. The first-order chi connectivity index (χ1) is 18.5. The number of fused-ring (bicyclic) bond motifs is 3. The Kier molecular flexibility index (Phi) is 6.43. The summed E-state index contributed by atoms with van der Waals surface area (Å²) < 4.78 is 27.9. The molecule has 0 saturated carbocycles. The van der Waals surface area contributed by atoms with E-state index in [2.05, 4.69) is 5.32 Å². The molecule has 3 heterocycles. The van der Waals surface area contributed by atoms with Crippen molar-refractivity contribution >= 4 is 11.9 Å². The van der Waals surface area contributed by atoms with Gasteiger partial charge in [-0.2, -0.15) is 0 Å². The maximum atomic E-state index is 13.2. The van der Waals surface area contributed by atoms with Gasteiger partial charge in [-0.15, -0.1) is 0 Å². The van der Waals surface area contributed by atoms with Gasteiger partial charge in [-0.25, -0.2) is 0 Å². The van der Waals surface area contributed by atoms with Gasteiger partial charge >= 0.3 is 5.97 Å². The molecule has 0 aromatic heterocycles. The number of phenols is 1. The Labute approximate surface area is 220 Å². The number of ether oxygens (including phenoxy) is 5. The van der Waals surface area contributed by atoms with Crippen LogP contribution in [0.3, 0.4) is 0 Å². The average Bonchev–Trinajstić information content (AvgIpc) is 3.65. The van der Waals surface area contributed by atoms with Gasteiger partial charge < -0.3 is 39.0 Å². The van der Waals surface area contributed by atoms with E-state index >= 15 is 0 Å². The third kappa shape index (κ3) is 4.07. The zero-order valence-corrected chi connectivity index (χ0v) is 21.5. The summed E-state index contributed by atoms with van der Waals surface area (Å²) in [4.78, 5) is 27.2. The molecular weight excluding hydrogens is 492 g/mol. The number of rotatable bonds is 8. The van der Waals surface area contributed by atoms with Gasteiger partial charge in [-0.1, -0.05) is 0 Å². The van der Waals surface area contributed by atoms with Crippen LogP contribution in [0.4, 0.5) is 0 Å². The van der Waals surface area contributed by atoms with Crippen LogP contribution in [0.5, 0.6) is 28.7 Å². The van der Waals surface area contributed by atoms with Crippen LogP contribution in [0.15, 0.2) is 24.3 Å². The van der Waals surface area contributed by atoms with E-state index in [1.54, 1.807) is 12.1 Å². The molecular formula is C28H32N2O8. The number of likely N-dealkylation sites (tertiary alicyclic amines) is 1. The first-order valence-electron chi connectivity index (χ1n) is 13.1. The third-order valence-corrected chi connectivity index (χ3v) is 8.19. The molecule has 4 aliphatic rings. The molecule has 6 rings (SSSR count). The van der Waals surface area contributed by atoms with Gasteiger partial charge in [0.1, 0.15) is 0 Å². The van der Waals surface area contributed by atoms with Gasteiger partial charge in [0.25, 0.3) is 0 Å². The number of methoxy groups -OCH3 is 2. The third-order valence-electron chi connectivity index (χ3n) is 8.19. The minimum atomic E-state index is -0.459. The summed E-state index contributed by atoms with van der Waals surface area (Å²) in [6.45, 7) is 2.66. The molecule has 0 spiro atoms. The molecule has 0 bridgehead atoms. The van der Waals surface area contributed by atoms with Crippen LogP contribution in [0.25, 0.3) is 0 Å². The second-order valence-corrected chi connectivity index (χ2v) is 10.2. The number of benzene rings is 2. The molecule has 4 atom stereocenters. The SMILES string of the molecule is COc1cc(C2c3cc4c(cc3C(NCCCN3CCCC3=O)C3COC(=O)C23)OCO4)cc(OC)c1O. The number of hydrogen-bond donors (Lipinski definition) is 2. The van der Waals surface area contributed by atoms with Gasteiger partial charge in [0.2, 0.25) is 18.4 Å². The number of carbonyl (C=O) groups excluding carboxylic acids is 2. The fourth-order valence-electron chi connectivity index (χ4n) is 6.39. The molecule has 10 heteroatoms. The van der Waals surface area contributed by atoms with Crippen LogP contribution in [-0.4, -0.2) is 69.1 Å². The second-order valence-electron chi connectivity index (χ2n) is 10.2. The summed E-state index contributed by atoms with van der Waals surface area (Å²) in [5.41, 5.74) is 2.72. The monoisotopic (exact) mass is 524 g/mol. The van der Waals surface area contributed by atoms with Crippen LogP contribution < -0.4 is 24.3 Å². The molecule has 10 nitrogen and oxygen atoms in total. The first kappa shape index (κ1) is 24.7. The Morgan fingerprint density at radius 1 is 1.03 bits per heavy atom. The van der Waals surface area contributed by atoms with E-state index in [0.717, 1.165) is 36.1 Å². The zero-order chi connectivity index (χ0) is 26.4. The Morgan fingerprint density at radius 2 is 1.74 bits per heavy atom. The zero-order valence-electron chi connectivity index (χ0n) is 21.5. The van der Waals surface area contributed by atoms with Crippen LogP contribution in [0, 0.1) is 11.8 Å². The lowest BCUT2D eigenvalue weighted by atomic mass is 9.65. The van der Waals surface area contributed by atoms with Crippen molar-refractivity contribution in [3.63, 3.8) is 0 Å². The second kappa shape index (κ2) is 9.90. The molecule has 38 heavy (non-hydrogen) atoms. The molecule has 2 aromatic carbocycles. The smallest absolute Gasteiger partial charge is 0.310 e. The normalized spacial score (nSPS) is 25.3. The molecule has 1 aliphatic carbocycles. The fourth-order valence-corrected chi connectivity index (χ4v) is 6.39. The standard InChI is InChI=1S/C28H32N2O8/c1-34-21-9-15(10-22(35-2)27(21)32)24-16-11-19-20(38-14-37-19)12-17(16)26(18-13-36-28(33)25(18)24)29-6-4-8-30-7-3-5-23(30)31/h9-12,18,24-26,29,32H,3-8,13-14H2,1-2H3. The van der Waals surface area contributed by atoms with E-state index in [1.807, 2.05) is 17.0 Å². The number of cyclic esters (lactones) is 1. The summed E-state index contributed by atoms with van der Waals surface area (Å²) in [6, 6.07) is 7.30. The summed E-state index contributed by atoms with van der Waals surface area (Å²) in [5, 5.41) is 14.2. The molecule has 202 valence electrons. The van der Waals surface area contributed by atoms with E-state index in [-0.39, 0.29) is 53.8 Å². The molecule has 2 saturated heterocycles. The number of aromatic hydroxyl groups is 1. The minimum absolute atomic E-state index is 0.0953. The minimum Gasteiger partial charge on any atom is -0.502 e. The van der Waals surface area contributed by atoms with Gasteiger partial charge in [0.05, 0.1) is 26.7 Å². The average molecular weight is 525 g/mol. The lowest BCUT2D eigenvalue weighted by Gasteiger charge is -2.39. The van der Waals surface area contributed by atoms with E-state index in [9.17, 15) is 14.7 Å². The van der Waals surface area contributed by atoms with Crippen LogP contribution in [-0.2, 0) is 14.3 Å². The maximum Gasteiger partial charge on any atom is 0.310 e. The summed E-state index contributed by atoms with van der Waals surface area (Å²) in [7, 11) is 2.96. The Bertz CT molecular complexity index is 1240. The molecule has 3 aliphatic heterocycles. The van der Waals surface area contributed by atoms with Crippen molar-refractivity contribution < 1.29 is 38.4 Å². The summed E-state index contributed by atoms with van der Waals surface area (Å²) in [6.07, 6.45) is 2.37. The van der Waals surface area contributed by atoms with Crippen molar-refractivity contribution in [3.05, 3.63) is 41.0 Å². The highest BCUT2D eigenvalue weighted by molar-refractivity contribution is 5.79. The molecule has 4 unspecified atom stereocenters. The lowest BCUT2D eigenvalue weighted by molar-refractivity contribution is -0.141. The Morgan fingerprint density at radius 3 is 2.39 bits per heavy atom. The summed E-state index contributed by atoms with van der Waals surface area (Å²) >= 11 is 0. The van der Waals surface area contributed by atoms with E-state index in [0.29, 0.717) is 37.6 Å². The largest absolute Gasteiger partial charge is 0.502 e. The van der Waals surface area contributed by atoms with Crippen LogP contribution >= 0.6 is 0 Å². The number of carbonyl (C=O) groups is 2. The van der Waals surface area contributed by atoms with Crippen molar-refractivity contribution in [2.24, 2.45) is 11.8 Å². The number of hydrogen-bond acceptors (Lipinski definition) is 9. The fraction of sp³-hybridized carbons (Fsp3) is 0.500. The van der Waals surface area contributed by atoms with Crippen molar-refractivity contribution in [1.29, 1.82) is 0 Å². The van der Waals surface area contributed by atoms with Gasteiger partial charge in [0, 0.05) is 37.4 Å². The van der Waals surface area contributed by atoms with Crippen molar-refractivity contribution in [2.45, 2.75) is 31.2 Å². The van der Waals surface area contributed by atoms with E-state index < -0.39 is 5.92 Å². The topological polar surface area (TPSA) is 116 Å². The number of nitrogens with zero attached hydrogens (tertiary/aromatic N) is 1. The van der Waals surface area contributed by atoms with Crippen molar-refractivity contribution in [1.82, 2.24) is 10.2 Å². The predicted octanol–water partition coefficient (Wildman–Crippen LogP) is 2.72. The van der Waals surface area contributed by atoms with Crippen molar-refractivity contribution in [3.8, 4) is 28.7 Å². The Balaban J connectivity index is 1.38.